The van der Waals surface area contributed by atoms with E-state index in [4.69, 9.17) is 11.6 Å². The second-order valence-corrected chi connectivity index (χ2v) is 5.17. The van der Waals surface area contributed by atoms with Crippen LogP contribution in [0, 0.1) is 5.92 Å². The fourth-order valence-electron chi connectivity index (χ4n) is 2.27. The van der Waals surface area contributed by atoms with Crippen molar-refractivity contribution in [3.05, 3.63) is 29.3 Å². The van der Waals surface area contributed by atoms with Crippen molar-refractivity contribution in [2.75, 3.05) is 24.5 Å². The van der Waals surface area contributed by atoms with Crippen molar-refractivity contribution in [2.45, 2.75) is 19.8 Å². The summed E-state index contributed by atoms with van der Waals surface area (Å²) in [6.45, 7) is 4.72. The Kier molecular flexibility index (Phi) is 4.48. The highest BCUT2D eigenvalue weighted by atomic mass is 35.5. The van der Waals surface area contributed by atoms with E-state index in [0.29, 0.717) is 12.3 Å². The van der Waals surface area contributed by atoms with Gasteiger partial charge < -0.3 is 10.2 Å². The molecular weight excluding hydrogens is 248 g/mol. The highest BCUT2D eigenvalue weighted by molar-refractivity contribution is 6.30. The summed E-state index contributed by atoms with van der Waals surface area (Å²) in [5.74, 6) is 0.691. The van der Waals surface area contributed by atoms with Crippen molar-refractivity contribution >= 4 is 23.2 Å². The molecule has 98 valence electrons. The molecule has 1 atom stereocenters. The summed E-state index contributed by atoms with van der Waals surface area (Å²) in [6.07, 6.45) is 1.69. The molecule has 18 heavy (non-hydrogen) atoms. The fourth-order valence-corrected chi connectivity index (χ4v) is 2.39. The molecule has 1 fully saturated rings. The molecule has 1 heterocycles. The smallest absolute Gasteiger partial charge is 0.219 e. The van der Waals surface area contributed by atoms with Crippen LogP contribution in [0.1, 0.15) is 19.8 Å². The van der Waals surface area contributed by atoms with Gasteiger partial charge in [-0.2, -0.15) is 0 Å². The summed E-state index contributed by atoms with van der Waals surface area (Å²) in [7, 11) is 0. The molecule has 1 saturated heterocycles. The summed E-state index contributed by atoms with van der Waals surface area (Å²) in [5, 5.41) is 3.74. The molecular formula is C14H19ClN2O. The minimum absolute atomic E-state index is 0.139. The van der Waals surface area contributed by atoms with Crippen molar-refractivity contribution < 1.29 is 4.79 Å². The number of carbonyl (C=O) groups is 1. The third-order valence-corrected chi connectivity index (χ3v) is 3.64. The Balaban J connectivity index is 1.84. The van der Waals surface area contributed by atoms with E-state index in [9.17, 15) is 4.79 Å². The maximum atomic E-state index is 11.2. The van der Waals surface area contributed by atoms with Crippen LogP contribution in [0.3, 0.4) is 0 Å². The van der Waals surface area contributed by atoms with Gasteiger partial charge in [0, 0.05) is 36.8 Å². The van der Waals surface area contributed by atoms with Gasteiger partial charge in [0.25, 0.3) is 0 Å². The predicted octanol–water partition coefficient (Wildman–Crippen LogP) is 2.69. The first-order valence-electron chi connectivity index (χ1n) is 6.46. The van der Waals surface area contributed by atoms with Gasteiger partial charge in [-0.05, 0) is 36.6 Å². The van der Waals surface area contributed by atoms with Gasteiger partial charge in [0.15, 0.2) is 0 Å². The van der Waals surface area contributed by atoms with Crippen LogP contribution in [0.15, 0.2) is 24.3 Å². The number of nitrogens with one attached hydrogen (secondary N) is 1. The third kappa shape index (κ3) is 3.39. The number of nitrogens with zero attached hydrogens (tertiary/aromatic N) is 1. The van der Waals surface area contributed by atoms with E-state index in [1.807, 2.05) is 19.1 Å². The third-order valence-electron chi connectivity index (χ3n) is 3.39. The van der Waals surface area contributed by atoms with Gasteiger partial charge >= 0.3 is 0 Å². The molecule has 2 rings (SSSR count). The highest BCUT2D eigenvalue weighted by Crippen LogP contribution is 2.24. The van der Waals surface area contributed by atoms with Gasteiger partial charge in [-0.1, -0.05) is 18.5 Å². The van der Waals surface area contributed by atoms with Crippen molar-refractivity contribution in [3.8, 4) is 0 Å². The first-order chi connectivity index (χ1) is 8.69. The standard InChI is InChI=1S/C14H19ClN2O/c1-2-14(18)16-9-11-7-8-17(10-11)13-5-3-12(15)4-6-13/h3-6,11H,2,7-10H2,1H3,(H,16,18). The summed E-state index contributed by atoms with van der Waals surface area (Å²) in [5.41, 5.74) is 1.21. The van der Waals surface area contributed by atoms with Gasteiger partial charge in [0.2, 0.25) is 5.91 Å². The molecule has 0 bridgehead atoms. The van der Waals surface area contributed by atoms with E-state index in [-0.39, 0.29) is 5.91 Å². The quantitative estimate of drug-likeness (QED) is 0.909. The van der Waals surface area contributed by atoms with E-state index in [1.165, 1.54) is 5.69 Å². The number of carbonyl (C=O) groups excluding carboxylic acids is 1. The second kappa shape index (κ2) is 6.10. The van der Waals surface area contributed by atoms with E-state index < -0.39 is 0 Å². The van der Waals surface area contributed by atoms with Crippen LogP contribution in [0.5, 0.6) is 0 Å². The van der Waals surface area contributed by atoms with Crippen molar-refractivity contribution in [1.29, 1.82) is 0 Å². The van der Waals surface area contributed by atoms with Crippen LogP contribution < -0.4 is 10.2 Å². The Hall–Kier alpha value is -1.22. The van der Waals surface area contributed by atoms with E-state index in [1.54, 1.807) is 0 Å². The average Bonchev–Trinajstić information content (AvgIpc) is 2.85. The molecule has 4 heteroatoms. The lowest BCUT2D eigenvalue weighted by molar-refractivity contribution is -0.120. The van der Waals surface area contributed by atoms with Crippen LogP contribution in [-0.4, -0.2) is 25.5 Å². The summed E-state index contributed by atoms with van der Waals surface area (Å²) in [6, 6.07) is 7.94. The molecule has 1 unspecified atom stereocenters. The van der Waals surface area contributed by atoms with Crippen molar-refractivity contribution in [2.24, 2.45) is 5.92 Å². The van der Waals surface area contributed by atoms with Crippen LogP contribution in [0.4, 0.5) is 5.69 Å². The SMILES string of the molecule is CCC(=O)NCC1CCN(c2ccc(Cl)cc2)C1. The zero-order chi connectivity index (χ0) is 13.0. The lowest BCUT2D eigenvalue weighted by atomic mass is 10.1. The minimum Gasteiger partial charge on any atom is -0.371 e. The zero-order valence-electron chi connectivity index (χ0n) is 10.7. The van der Waals surface area contributed by atoms with Gasteiger partial charge in [0.1, 0.15) is 0 Å². The summed E-state index contributed by atoms with van der Waals surface area (Å²) in [4.78, 5) is 13.6. The molecule has 1 N–H and O–H groups in total. The Morgan fingerprint density at radius 1 is 1.44 bits per heavy atom. The lowest BCUT2D eigenvalue weighted by Gasteiger charge is -2.18. The molecule has 3 nitrogen and oxygen atoms in total. The zero-order valence-corrected chi connectivity index (χ0v) is 11.4. The predicted molar refractivity (Wildman–Crippen MR) is 75.1 cm³/mol. The van der Waals surface area contributed by atoms with Crippen LogP contribution in [0.2, 0.25) is 5.02 Å². The largest absolute Gasteiger partial charge is 0.371 e. The van der Waals surface area contributed by atoms with Gasteiger partial charge in [0.05, 0.1) is 0 Å². The van der Waals surface area contributed by atoms with E-state index >= 15 is 0 Å². The fraction of sp³-hybridized carbons (Fsp3) is 0.500. The number of amides is 1. The van der Waals surface area contributed by atoms with Crippen molar-refractivity contribution in [3.63, 3.8) is 0 Å². The average molecular weight is 267 g/mol. The number of rotatable bonds is 4. The van der Waals surface area contributed by atoms with Gasteiger partial charge in [-0.3, -0.25) is 4.79 Å². The highest BCUT2D eigenvalue weighted by Gasteiger charge is 2.22. The molecule has 1 aliphatic rings. The Bertz CT molecular complexity index is 405. The molecule has 1 aromatic carbocycles. The van der Waals surface area contributed by atoms with Crippen LogP contribution in [0.25, 0.3) is 0 Å². The van der Waals surface area contributed by atoms with E-state index in [0.717, 1.165) is 31.1 Å². The van der Waals surface area contributed by atoms with Crippen molar-refractivity contribution in [1.82, 2.24) is 5.32 Å². The molecule has 0 radical (unpaired) electrons. The first kappa shape index (κ1) is 13.2. The topological polar surface area (TPSA) is 32.3 Å². The summed E-state index contributed by atoms with van der Waals surface area (Å²) >= 11 is 5.88. The Morgan fingerprint density at radius 2 is 2.17 bits per heavy atom. The molecule has 0 aliphatic carbocycles. The molecule has 1 amide bonds. The van der Waals surface area contributed by atoms with Gasteiger partial charge in [-0.25, -0.2) is 0 Å². The van der Waals surface area contributed by atoms with Gasteiger partial charge in [-0.15, -0.1) is 0 Å². The molecule has 1 aromatic rings. The maximum absolute atomic E-state index is 11.2. The normalized spacial score (nSPS) is 19.0. The lowest BCUT2D eigenvalue weighted by Crippen LogP contribution is -2.30. The van der Waals surface area contributed by atoms with Crippen LogP contribution in [-0.2, 0) is 4.79 Å². The monoisotopic (exact) mass is 266 g/mol. The molecule has 0 spiro atoms. The number of halogens is 1. The Labute approximate surface area is 113 Å². The second-order valence-electron chi connectivity index (χ2n) is 4.73. The van der Waals surface area contributed by atoms with Crippen LogP contribution >= 0.6 is 11.6 Å². The maximum Gasteiger partial charge on any atom is 0.219 e. The number of hydrogen-bond acceptors (Lipinski definition) is 2. The number of anilines is 1. The Morgan fingerprint density at radius 3 is 2.83 bits per heavy atom. The molecule has 0 aromatic heterocycles. The minimum atomic E-state index is 0.139. The number of benzene rings is 1. The summed E-state index contributed by atoms with van der Waals surface area (Å²) < 4.78 is 0. The van der Waals surface area contributed by atoms with E-state index in [2.05, 4.69) is 22.3 Å². The first-order valence-corrected chi connectivity index (χ1v) is 6.84. The molecule has 1 aliphatic heterocycles. The molecule has 0 saturated carbocycles. The number of hydrogen-bond donors (Lipinski definition) is 1.